The van der Waals surface area contributed by atoms with E-state index in [9.17, 15) is 9.59 Å². The monoisotopic (exact) mass is 397 g/mol. The molecule has 0 aliphatic carbocycles. The van der Waals surface area contributed by atoms with Crippen molar-refractivity contribution in [2.24, 2.45) is 0 Å². The number of rotatable bonds is 6. The van der Waals surface area contributed by atoms with Gasteiger partial charge in [-0.2, -0.15) is 0 Å². The quantitative estimate of drug-likeness (QED) is 0.733. The van der Waals surface area contributed by atoms with Crippen LogP contribution in [-0.4, -0.2) is 44.2 Å². The molecule has 154 valence electrons. The van der Waals surface area contributed by atoms with E-state index in [1.807, 2.05) is 43.3 Å². The highest BCUT2D eigenvalue weighted by atomic mass is 16.6. The molecule has 3 rings (SSSR count). The second-order valence-corrected chi connectivity index (χ2v) is 6.83. The molecule has 0 saturated heterocycles. The molecule has 2 amide bonds. The summed E-state index contributed by atoms with van der Waals surface area (Å²) in [5.41, 5.74) is 2.60. The van der Waals surface area contributed by atoms with Gasteiger partial charge >= 0.3 is 11.8 Å². The highest BCUT2D eigenvalue weighted by Crippen LogP contribution is 2.30. The number of hydrogen-bond donors (Lipinski definition) is 2. The van der Waals surface area contributed by atoms with Crippen LogP contribution in [0.1, 0.15) is 19.4 Å². The van der Waals surface area contributed by atoms with E-state index >= 15 is 0 Å². The minimum atomic E-state index is -0.709. The van der Waals surface area contributed by atoms with Crippen molar-refractivity contribution in [3.05, 3.63) is 48.0 Å². The molecular weight excluding hydrogens is 370 g/mol. The maximum absolute atomic E-state index is 12.3. The molecule has 0 spiro atoms. The van der Waals surface area contributed by atoms with Crippen molar-refractivity contribution in [2.45, 2.75) is 26.9 Å². The van der Waals surface area contributed by atoms with E-state index in [4.69, 9.17) is 9.47 Å². The summed E-state index contributed by atoms with van der Waals surface area (Å²) in [5, 5.41) is 5.28. The predicted octanol–water partition coefficient (Wildman–Crippen LogP) is 2.74. The molecule has 0 radical (unpaired) electrons. The molecule has 0 saturated carbocycles. The molecule has 2 aromatic rings. The summed E-state index contributed by atoms with van der Waals surface area (Å²) in [4.78, 5) is 26.7. The van der Waals surface area contributed by atoms with Gasteiger partial charge in [-0.25, -0.2) is 0 Å². The van der Waals surface area contributed by atoms with Gasteiger partial charge in [-0.05, 0) is 56.7 Å². The Labute approximate surface area is 171 Å². The molecule has 7 heteroatoms. The number of hydrogen-bond acceptors (Lipinski definition) is 5. The van der Waals surface area contributed by atoms with Crippen molar-refractivity contribution in [3.8, 4) is 11.5 Å². The third-order valence-corrected chi connectivity index (χ3v) is 4.85. The van der Waals surface area contributed by atoms with Crippen LogP contribution >= 0.6 is 0 Å². The van der Waals surface area contributed by atoms with Gasteiger partial charge in [-0.1, -0.05) is 12.1 Å². The topological polar surface area (TPSA) is 79.9 Å². The van der Waals surface area contributed by atoms with Crippen LogP contribution in [0.5, 0.6) is 11.5 Å². The zero-order chi connectivity index (χ0) is 20.8. The number of para-hydroxylation sites is 2. The first-order valence-electron chi connectivity index (χ1n) is 9.85. The fraction of sp³-hybridized carbons (Fsp3) is 0.364. The normalized spacial score (nSPS) is 14.8. The van der Waals surface area contributed by atoms with Crippen molar-refractivity contribution >= 4 is 23.2 Å². The third kappa shape index (κ3) is 4.99. The van der Waals surface area contributed by atoms with E-state index < -0.39 is 11.8 Å². The second-order valence-electron chi connectivity index (χ2n) is 6.83. The molecule has 0 bridgehead atoms. The summed E-state index contributed by atoms with van der Waals surface area (Å²) >= 11 is 0. The van der Waals surface area contributed by atoms with E-state index in [0.29, 0.717) is 23.8 Å². The Hall–Kier alpha value is -3.22. The first-order chi connectivity index (χ1) is 14.0. The smallest absolute Gasteiger partial charge is 0.313 e. The first-order valence-corrected chi connectivity index (χ1v) is 9.85. The summed E-state index contributed by atoms with van der Waals surface area (Å²) in [6.45, 7) is 8.40. The van der Waals surface area contributed by atoms with E-state index in [1.165, 1.54) is 0 Å². The molecule has 2 aromatic carbocycles. The van der Waals surface area contributed by atoms with Gasteiger partial charge in [0, 0.05) is 24.5 Å². The molecule has 0 fully saturated rings. The van der Waals surface area contributed by atoms with Crippen molar-refractivity contribution in [2.75, 3.05) is 36.5 Å². The van der Waals surface area contributed by atoms with Gasteiger partial charge in [0.25, 0.3) is 0 Å². The lowest BCUT2D eigenvalue weighted by Crippen LogP contribution is -2.44. The van der Waals surface area contributed by atoms with Gasteiger partial charge in [-0.15, -0.1) is 0 Å². The lowest BCUT2D eigenvalue weighted by molar-refractivity contribution is -0.136. The predicted molar refractivity (Wildman–Crippen MR) is 113 cm³/mol. The van der Waals surface area contributed by atoms with Gasteiger partial charge in [-0.3, -0.25) is 9.59 Å². The number of amides is 2. The van der Waals surface area contributed by atoms with Crippen molar-refractivity contribution < 1.29 is 19.1 Å². The number of aryl methyl sites for hydroxylation is 1. The molecule has 0 aromatic heterocycles. The van der Waals surface area contributed by atoms with E-state index in [1.54, 1.807) is 6.07 Å². The SMILES string of the molecule is CCN(CC)c1ccc(NC(=O)C(=O)NCC2COc3ccccc3O2)c(C)c1. The Morgan fingerprint density at radius 2 is 1.79 bits per heavy atom. The van der Waals surface area contributed by atoms with Gasteiger partial charge in [0.2, 0.25) is 0 Å². The third-order valence-electron chi connectivity index (χ3n) is 4.85. The number of carbonyl (C=O) groups excluding carboxylic acids is 2. The minimum Gasteiger partial charge on any atom is -0.486 e. The molecule has 1 aliphatic rings. The molecule has 1 aliphatic heterocycles. The van der Waals surface area contributed by atoms with Gasteiger partial charge in [0.05, 0.1) is 6.54 Å². The number of benzene rings is 2. The van der Waals surface area contributed by atoms with E-state index in [2.05, 4.69) is 29.4 Å². The average molecular weight is 397 g/mol. The second kappa shape index (κ2) is 9.32. The van der Waals surface area contributed by atoms with E-state index in [0.717, 1.165) is 24.3 Å². The zero-order valence-corrected chi connectivity index (χ0v) is 17.0. The molecule has 2 N–H and O–H groups in total. The number of carbonyl (C=O) groups is 2. The van der Waals surface area contributed by atoms with Crippen molar-refractivity contribution in [1.82, 2.24) is 5.32 Å². The van der Waals surface area contributed by atoms with Crippen LogP contribution in [0.25, 0.3) is 0 Å². The fourth-order valence-electron chi connectivity index (χ4n) is 3.20. The van der Waals surface area contributed by atoms with Crippen LogP contribution < -0.4 is 25.0 Å². The first kappa shape index (κ1) is 20.5. The lowest BCUT2D eigenvalue weighted by atomic mass is 10.1. The molecule has 1 unspecified atom stereocenters. The zero-order valence-electron chi connectivity index (χ0n) is 17.0. The summed E-state index contributed by atoms with van der Waals surface area (Å²) in [7, 11) is 0. The number of anilines is 2. The Morgan fingerprint density at radius 3 is 2.48 bits per heavy atom. The van der Waals surface area contributed by atoms with E-state index in [-0.39, 0.29) is 12.6 Å². The highest BCUT2D eigenvalue weighted by Gasteiger charge is 2.23. The molecule has 1 heterocycles. The molecule has 1 atom stereocenters. The standard InChI is InChI=1S/C22H27N3O4/c1-4-25(5-2)16-10-11-18(15(3)12-16)24-22(27)21(26)23-13-17-14-28-19-8-6-7-9-20(19)29-17/h6-12,17H,4-5,13-14H2,1-3H3,(H,23,26)(H,24,27). The Balaban J connectivity index is 1.53. The van der Waals surface area contributed by atoms with Crippen LogP contribution in [0.4, 0.5) is 11.4 Å². The fourth-order valence-corrected chi connectivity index (χ4v) is 3.20. The van der Waals surface area contributed by atoms with Crippen LogP contribution in [0.2, 0.25) is 0 Å². The Kier molecular flexibility index (Phi) is 6.59. The van der Waals surface area contributed by atoms with Gasteiger partial charge in [0.15, 0.2) is 11.5 Å². The van der Waals surface area contributed by atoms with Crippen LogP contribution in [0.3, 0.4) is 0 Å². The summed E-state index contributed by atoms with van der Waals surface area (Å²) in [6, 6.07) is 13.1. The highest BCUT2D eigenvalue weighted by molar-refractivity contribution is 6.39. The largest absolute Gasteiger partial charge is 0.486 e. The van der Waals surface area contributed by atoms with Crippen LogP contribution in [-0.2, 0) is 9.59 Å². The molecular formula is C22H27N3O4. The minimum absolute atomic E-state index is 0.181. The van der Waals surface area contributed by atoms with Crippen molar-refractivity contribution in [1.29, 1.82) is 0 Å². The Bertz CT molecular complexity index is 880. The number of ether oxygens (including phenoxy) is 2. The maximum Gasteiger partial charge on any atom is 0.313 e. The summed E-state index contributed by atoms with van der Waals surface area (Å²) in [5.74, 6) is -0.108. The summed E-state index contributed by atoms with van der Waals surface area (Å²) < 4.78 is 11.4. The van der Waals surface area contributed by atoms with Gasteiger partial charge < -0.3 is 25.0 Å². The van der Waals surface area contributed by atoms with Crippen molar-refractivity contribution in [3.63, 3.8) is 0 Å². The Morgan fingerprint density at radius 1 is 1.07 bits per heavy atom. The maximum atomic E-state index is 12.3. The van der Waals surface area contributed by atoms with Gasteiger partial charge in [0.1, 0.15) is 12.7 Å². The molecule has 7 nitrogen and oxygen atoms in total. The number of fused-ring (bicyclic) bond motifs is 1. The summed E-state index contributed by atoms with van der Waals surface area (Å²) in [6.07, 6.45) is -0.350. The average Bonchev–Trinajstić information content (AvgIpc) is 2.74. The lowest BCUT2D eigenvalue weighted by Gasteiger charge is -2.26. The van der Waals surface area contributed by atoms with Crippen LogP contribution in [0, 0.1) is 6.92 Å². The van der Waals surface area contributed by atoms with Crippen LogP contribution in [0.15, 0.2) is 42.5 Å². The number of nitrogens with zero attached hydrogens (tertiary/aromatic N) is 1. The molecule has 29 heavy (non-hydrogen) atoms. The number of nitrogens with one attached hydrogen (secondary N) is 2.